The molecule has 3 heteroatoms. The van der Waals surface area contributed by atoms with Gasteiger partial charge in [-0.25, -0.2) is 0 Å². The second-order valence-corrected chi connectivity index (χ2v) is 11.1. The van der Waals surface area contributed by atoms with Crippen LogP contribution in [0.25, 0.3) is 5.57 Å². The van der Waals surface area contributed by atoms with Crippen LogP contribution in [-0.4, -0.2) is 34.1 Å². The first-order valence-corrected chi connectivity index (χ1v) is 12.5. The molecule has 0 aromatic heterocycles. The van der Waals surface area contributed by atoms with Gasteiger partial charge in [-0.15, -0.1) is 0 Å². The molecule has 2 aliphatic rings. The summed E-state index contributed by atoms with van der Waals surface area (Å²) in [6.45, 7) is 9.11. The molecule has 3 unspecified atom stereocenters. The van der Waals surface area contributed by atoms with Crippen LogP contribution in [0.1, 0.15) is 89.3 Å². The molecule has 3 rings (SSSR count). The average molecular weight is 429 g/mol. The van der Waals surface area contributed by atoms with Gasteiger partial charge in [0.25, 0.3) is 0 Å². The summed E-state index contributed by atoms with van der Waals surface area (Å²) in [4.78, 5) is 0. The summed E-state index contributed by atoms with van der Waals surface area (Å²) in [5, 5.41) is 29.0. The van der Waals surface area contributed by atoms with E-state index in [0.717, 1.165) is 25.2 Å². The highest BCUT2D eigenvalue weighted by Gasteiger charge is 2.50. The number of rotatable bonds is 10. The van der Waals surface area contributed by atoms with E-state index in [-0.39, 0.29) is 13.2 Å². The summed E-state index contributed by atoms with van der Waals surface area (Å²) in [5.74, 6) is 2.01. The third-order valence-electron chi connectivity index (χ3n) is 8.15. The first-order valence-electron chi connectivity index (χ1n) is 12.5. The molecule has 2 aliphatic carbocycles. The van der Waals surface area contributed by atoms with Gasteiger partial charge in [-0.05, 0) is 104 Å². The number of allylic oxidation sites excluding steroid dienone is 2. The maximum atomic E-state index is 10.1. The quantitative estimate of drug-likeness (QED) is 0.458. The lowest BCUT2D eigenvalue weighted by Crippen LogP contribution is -2.35. The summed E-state index contributed by atoms with van der Waals surface area (Å²) >= 11 is 0. The molecule has 0 amide bonds. The van der Waals surface area contributed by atoms with Gasteiger partial charge in [-0.3, -0.25) is 0 Å². The normalized spacial score (nSPS) is 27.1. The molecule has 0 heterocycles. The van der Waals surface area contributed by atoms with Crippen molar-refractivity contribution < 1.29 is 15.3 Å². The minimum atomic E-state index is -0.561. The van der Waals surface area contributed by atoms with Gasteiger partial charge in [0.2, 0.25) is 0 Å². The number of benzene rings is 1. The van der Waals surface area contributed by atoms with Gasteiger partial charge in [-0.2, -0.15) is 0 Å². The fourth-order valence-corrected chi connectivity index (χ4v) is 6.60. The second kappa shape index (κ2) is 10.2. The van der Waals surface area contributed by atoms with Crippen molar-refractivity contribution in [1.82, 2.24) is 0 Å². The second-order valence-electron chi connectivity index (χ2n) is 11.1. The molecule has 1 fully saturated rings. The number of hydrogen-bond acceptors (Lipinski definition) is 3. The molecule has 4 atom stereocenters. The zero-order valence-electron chi connectivity index (χ0n) is 20.2. The predicted octanol–water partition coefficient (Wildman–Crippen LogP) is 5.54. The van der Waals surface area contributed by atoms with Crippen molar-refractivity contribution in [2.24, 2.45) is 23.2 Å². The van der Waals surface area contributed by atoms with Gasteiger partial charge in [0.15, 0.2) is 0 Å². The van der Waals surface area contributed by atoms with Crippen LogP contribution in [0.4, 0.5) is 0 Å². The highest BCUT2D eigenvalue weighted by Crippen LogP contribution is 2.60. The number of fused-ring (bicyclic) bond motifs is 1. The van der Waals surface area contributed by atoms with Crippen LogP contribution in [0.5, 0.6) is 0 Å². The molecule has 0 aliphatic heterocycles. The molecule has 1 aromatic carbocycles. The summed E-state index contributed by atoms with van der Waals surface area (Å²) in [6.07, 6.45) is 11.9. The molecule has 1 aromatic rings. The van der Waals surface area contributed by atoms with Crippen LogP contribution in [0.15, 0.2) is 24.3 Å². The van der Waals surface area contributed by atoms with Crippen LogP contribution in [-0.2, 0) is 12.8 Å². The van der Waals surface area contributed by atoms with E-state index in [9.17, 15) is 15.3 Å². The van der Waals surface area contributed by atoms with E-state index in [0.29, 0.717) is 30.1 Å². The predicted molar refractivity (Wildman–Crippen MR) is 129 cm³/mol. The number of hydrogen-bond donors (Lipinski definition) is 3. The molecule has 3 N–H and O–H groups in total. The van der Waals surface area contributed by atoms with Crippen LogP contribution >= 0.6 is 0 Å². The monoisotopic (exact) mass is 428 g/mol. The lowest BCUT2D eigenvalue weighted by Gasteiger charge is -2.43. The summed E-state index contributed by atoms with van der Waals surface area (Å²) < 4.78 is 0. The van der Waals surface area contributed by atoms with Crippen LogP contribution in [0.3, 0.4) is 0 Å². The maximum Gasteiger partial charge on any atom is 0.0591 e. The molecule has 31 heavy (non-hydrogen) atoms. The van der Waals surface area contributed by atoms with Crippen molar-refractivity contribution >= 4 is 5.57 Å². The molecular weight excluding hydrogens is 384 g/mol. The molecular formula is C28H44O3. The van der Waals surface area contributed by atoms with E-state index in [1.165, 1.54) is 47.9 Å². The Morgan fingerprint density at radius 2 is 1.71 bits per heavy atom. The van der Waals surface area contributed by atoms with Crippen LogP contribution in [0, 0.1) is 23.2 Å². The van der Waals surface area contributed by atoms with Gasteiger partial charge in [0.05, 0.1) is 5.60 Å². The Morgan fingerprint density at radius 1 is 1.06 bits per heavy atom. The Balaban J connectivity index is 1.80. The Hall–Kier alpha value is -1.16. The number of aliphatic hydroxyl groups excluding tert-OH is 2. The lowest BCUT2D eigenvalue weighted by molar-refractivity contribution is 0.0620. The number of aliphatic hydroxyl groups is 3. The van der Waals surface area contributed by atoms with E-state index in [1.54, 1.807) is 0 Å². The van der Waals surface area contributed by atoms with Crippen molar-refractivity contribution in [2.45, 2.75) is 91.1 Å². The minimum absolute atomic E-state index is 0.159. The fraction of sp³-hybridized carbons (Fsp3) is 0.714. The van der Waals surface area contributed by atoms with E-state index in [4.69, 9.17) is 0 Å². The Morgan fingerprint density at radius 3 is 2.29 bits per heavy atom. The first-order chi connectivity index (χ1) is 14.7. The van der Waals surface area contributed by atoms with Gasteiger partial charge < -0.3 is 15.3 Å². The minimum Gasteiger partial charge on any atom is -0.396 e. The van der Waals surface area contributed by atoms with Crippen LogP contribution in [0.2, 0.25) is 0 Å². The molecule has 3 nitrogen and oxygen atoms in total. The van der Waals surface area contributed by atoms with E-state index in [1.807, 2.05) is 13.8 Å². The standard InChI is InChI=1S/C28H44O3/c1-20(7-5-13-27(2,3)31)25-9-10-26-24(8-6-14-28(25,26)4)23-18-21(11-15-29)17-22(19-23)12-16-30/h8,17-20,25-26,29-31H,5-7,9-16H2,1-4H3/t20?,25?,26?,28-/m1/s1. The Bertz CT molecular complexity index is 736. The molecule has 0 radical (unpaired) electrons. The average Bonchev–Trinajstić information content (AvgIpc) is 3.04. The summed E-state index contributed by atoms with van der Waals surface area (Å²) in [7, 11) is 0. The third-order valence-corrected chi connectivity index (χ3v) is 8.15. The first kappa shape index (κ1) is 24.5. The zero-order valence-corrected chi connectivity index (χ0v) is 20.2. The summed E-state index contributed by atoms with van der Waals surface area (Å²) in [5.41, 5.74) is 4.92. The zero-order chi connectivity index (χ0) is 22.6. The van der Waals surface area contributed by atoms with Crippen molar-refractivity contribution in [1.29, 1.82) is 0 Å². The largest absolute Gasteiger partial charge is 0.396 e. The molecule has 0 spiro atoms. The fourth-order valence-electron chi connectivity index (χ4n) is 6.60. The smallest absolute Gasteiger partial charge is 0.0591 e. The summed E-state index contributed by atoms with van der Waals surface area (Å²) in [6, 6.07) is 6.68. The van der Waals surface area contributed by atoms with Gasteiger partial charge in [0, 0.05) is 13.2 Å². The highest BCUT2D eigenvalue weighted by atomic mass is 16.3. The van der Waals surface area contributed by atoms with Crippen molar-refractivity contribution in [3.8, 4) is 0 Å². The van der Waals surface area contributed by atoms with Crippen molar-refractivity contribution in [3.63, 3.8) is 0 Å². The van der Waals surface area contributed by atoms with Crippen LogP contribution < -0.4 is 0 Å². The lowest BCUT2D eigenvalue weighted by atomic mass is 9.61. The van der Waals surface area contributed by atoms with Gasteiger partial charge in [-0.1, -0.05) is 51.0 Å². The van der Waals surface area contributed by atoms with E-state index >= 15 is 0 Å². The van der Waals surface area contributed by atoms with Gasteiger partial charge >= 0.3 is 0 Å². The third kappa shape index (κ3) is 5.80. The SMILES string of the molecule is CC(CCCC(C)(C)O)C1CCC2C(c3cc(CCO)cc(CCO)c3)=CCC[C@@]21C. The van der Waals surface area contributed by atoms with Crippen molar-refractivity contribution in [3.05, 3.63) is 41.0 Å². The highest BCUT2D eigenvalue weighted by molar-refractivity contribution is 5.70. The van der Waals surface area contributed by atoms with Gasteiger partial charge in [0.1, 0.15) is 0 Å². The molecule has 0 saturated heterocycles. The topological polar surface area (TPSA) is 60.7 Å². The Kier molecular flexibility index (Phi) is 8.05. The van der Waals surface area contributed by atoms with E-state index < -0.39 is 5.60 Å². The molecule has 174 valence electrons. The molecule has 0 bridgehead atoms. The Labute approximate surface area is 189 Å². The van der Waals surface area contributed by atoms with E-state index in [2.05, 4.69) is 38.1 Å². The maximum absolute atomic E-state index is 10.1. The van der Waals surface area contributed by atoms with Crippen molar-refractivity contribution in [2.75, 3.05) is 13.2 Å². The molecule has 1 saturated carbocycles.